The highest BCUT2D eigenvalue weighted by atomic mass is 16.4. The van der Waals surface area contributed by atoms with Gasteiger partial charge >= 0.3 is 5.97 Å². The number of hydrogen-bond donors (Lipinski definition) is 3. The van der Waals surface area contributed by atoms with Gasteiger partial charge in [0.25, 0.3) is 0 Å². The number of aromatic carboxylic acids is 1. The highest BCUT2D eigenvalue weighted by molar-refractivity contribution is 5.87. The minimum Gasteiger partial charge on any atom is -0.478 e. The molecule has 1 fully saturated rings. The van der Waals surface area contributed by atoms with Gasteiger partial charge in [0.1, 0.15) is 0 Å². The molecule has 4 nitrogen and oxygen atoms in total. The lowest BCUT2D eigenvalue weighted by atomic mass is 10.1. The van der Waals surface area contributed by atoms with E-state index in [2.05, 4.69) is 10.6 Å². The number of carbonyl (C=O) groups is 1. The minimum atomic E-state index is -0.875. The quantitative estimate of drug-likeness (QED) is 0.703. The van der Waals surface area contributed by atoms with Crippen LogP contribution >= 0.6 is 0 Å². The van der Waals surface area contributed by atoms with Gasteiger partial charge < -0.3 is 15.7 Å². The molecule has 1 aromatic carbocycles. The zero-order valence-corrected chi connectivity index (χ0v) is 9.07. The summed E-state index contributed by atoms with van der Waals surface area (Å²) in [6.45, 7) is 2.90. The molecule has 0 aromatic heterocycles. The zero-order chi connectivity index (χ0) is 11.4. The van der Waals surface area contributed by atoms with Crippen LogP contribution in [0.1, 0.15) is 22.3 Å². The first kappa shape index (κ1) is 11.1. The predicted molar refractivity (Wildman–Crippen MR) is 61.5 cm³/mol. The van der Waals surface area contributed by atoms with E-state index in [1.54, 1.807) is 12.1 Å². The average molecular weight is 220 g/mol. The third kappa shape index (κ3) is 2.81. The molecular weight excluding hydrogens is 204 g/mol. The monoisotopic (exact) mass is 220 g/mol. The number of hydrogen-bond acceptors (Lipinski definition) is 3. The van der Waals surface area contributed by atoms with Crippen molar-refractivity contribution in [2.75, 3.05) is 13.1 Å². The Balaban J connectivity index is 1.87. The fourth-order valence-electron chi connectivity index (χ4n) is 1.86. The van der Waals surface area contributed by atoms with Gasteiger partial charge in [-0.25, -0.2) is 4.79 Å². The summed E-state index contributed by atoms with van der Waals surface area (Å²) in [5, 5.41) is 15.5. The molecule has 0 bridgehead atoms. The van der Waals surface area contributed by atoms with Crippen molar-refractivity contribution in [3.63, 3.8) is 0 Å². The summed E-state index contributed by atoms with van der Waals surface area (Å²) in [6, 6.07) is 7.55. The first-order chi connectivity index (χ1) is 7.75. The molecule has 0 amide bonds. The van der Waals surface area contributed by atoms with Gasteiger partial charge in [0.15, 0.2) is 0 Å². The minimum absolute atomic E-state index is 0.339. The Morgan fingerprint density at radius 2 is 2.19 bits per heavy atom. The summed E-state index contributed by atoms with van der Waals surface area (Å²) in [7, 11) is 0. The van der Waals surface area contributed by atoms with Gasteiger partial charge in [-0.3, -0.25) is 0 Å². The van der Waals surface area contributed by atoms with Gasteiger partial charge in [-0.1, -0.05) is 12.1 Å². The van der Waals surface area contributed by atoms with Crippen LogP contribution in [-0.4, -0.2) is 30.2 Å². The molecule has 1 aliphatic heterocycles. The summed E-state index contributed by atoms with van der Waals surface area (Å²) in [6.07, 6.45) is 1.16. The van der Waals surface area contributed by atoms with E-state index in [0.29, 0.717) is 11.6 Å². The summed E-state index contributed by atoms with van der Waals surface area (Å²) in [5.41, 5.74) is 1.46. The molecule has 1 saturated heterocycles. The smallest absolute Gasteiger partial charge is 0.335 e. The van der Waals surface area contributed by atoms with Crippen LogP contribution in [0.3, 0.4) is 0 Å². The fraction of sp³-hybridized carbons (Fsp3) is 0.417. The number of nitrogens with one attached hydrogen (secondary N) is 2. The van der Waals surface area contributed by atoms with Crippen molar-refractivity contribution in [1.29, 1.82) is 0 Å². The highest BCUT2D eigenvalue weighted by Gasteiger charge is 2.12. The van der Waals surface area contributed by atoms with Crippen LogP contribution in [0, 0.1) is 0 Å². The molecule has 86 valence electrons. The lowest BCUT2D eigenvalue weighted by Crippen LogP contribution is -2.30. The Morgan fingerprint density at radius 3 is 2.75 bits per heavy atom. The average Bonchev–Trinajstić information content (AvgIpc) is 2.80. The molecule has 0 saturated carbocycles. The van der Waals surface area contributed by atoms with Crippen LogP contribution in [0.25, 0.3) is 0 Å². The summed E-state index contributed by atoms with van der Waals surface area (Å²) in [4.78, 5) is 10.7. The molecule has 0 radical (unpaired) electrons. The molecular formula is C12H16N2O2. The molecule has 16 heavy (non-hydrogen) atoms. The maximum atomic E-state index is 10.7. The number of carboxylic acid groups (broad SMARTS) is 1. The lowest BCUT2D eigenvalue weighted by Gasteiger charge is -2.10. The molecule has 1 unspecified atom stereocenters. The Labute approximate surface area is 94.7 Å². The fourth-order valence-corrected chi connectivity index (χ4v) is 1.86. The lowest BCUT2D eigenvalue weighted by molar-refractivity contribution is 0.0697. The van der Waals surface area contributed by atoms with Gasteiger partial charge in [-0.15, -0.1) is 0 Å². The molecule has 0 spiro atoms. The SMILES string of the molecule is O=C(O)c1ccc(CNC2CCNC2)cc1. The second-order valence-electron chi connectivity index (χ2n) is 4.07. The van der Waals surface area contributed by atoms with E-state index < -0.39 is 5.97 Å². The van der Waals surface area contributed by atoms with E-state index in [9.17, 15) is 4.79 Å². The molecule has 1 heterocycles. The first-order valence-corrected chi connectivity index (χ1v) is 5.52. The molecule has 1 atom stereocenters. The van der Waals surface area contributed by atoms with Crippen LogP contribution in [0.4, 0.5) is 0 Å². The van der Waals surface area contributed by atoms with Crippen molar-refractivity contribution in [2.24, 2.45) is 0 Å². The normalized spacial score (nSPS) is 19.9. The number of carboxylic acids is 1. The van der Waals surface area contributed by atoms with Crippen molar-refractivity contribution < 1.29 is 9.90 Å². The van der Waals surface area contributed by atoms with Crippen LogP contribution < -0.4 is 10.6 Å². The Bertz CT molecular complexity index is 356. The largest absolute Gasteiger partial charge is 0.478 e. The van der Waals surface area contributed by atoms with Crippen molar-refractivity contribution in [3.8, 4) is 0 Å². The van der Waals surface area contributed by atoms with Gasteiger partial charge in [-0.2, -0.15) is 0 Å². The molecule has 1 aliphatic rings. The van der Waals surface area contributed by atoms with Crippen LogP contribution in [0.15, 0.2) is 24.3 Å². The standard InChI is InChI=1S/C12H16N2O2/c15-12(16)10-3-1-9(2-4-10)7-14-11-5-6-13-8-11/h1-4,11,13-14H,5-8H2,(H,15,16). The van der Waals surface area contributed by atoms with Crippen LogP contribution in [0.2, 0.25) is 0 Å². The van der Waals surface area contributed by atoms with Gasteiger partial charge in [0.2, 0.25) is 0 Å². The summed E-state index contributed by atoms with van der Waals surface area (Å²) in [5.74, 6) is -0.875. The maximum absolute atomic E-state index is 10.7. The van der Waals surface area contributed by atoms with E-state index in [1.165, 1.54) is 0 Å². The second-order valence-corrected chi connectivity index (χ2v) is 4.07. The molecule has 3 N–H and O–H groups in total. The summed E-state index contributed by atoms with van der Waals surface area (Å²) < 4.78 is 0. The highest BCUT2D eigenvalue weighted by Crippen LogP contribution is 2.05. The van der Waals surface area contributed by atoms with Crippen molar-refractivity contribution in [3.05, 3.63) is 35.4 Å². The summed E-state index contributed by atoms with van der Waals surface area (Å²) >= 11 is 0. The van der Waals surface area contributed by atoms with E-state index in [-0.39, 0.29) is 0 Å². The predicted octanol–water partition coefficient (Wildman–Crippen LogP) is 0.836. The van der Waals surface area contributed by atoms with E-state index in [4.69, 9.17) is 5.11 Å². The van der Waals surface area contributed by atoms with Gasteiger partial charge in [-0.05, 0) is 30.7 Å². The molecule has 4 heteroatoms. The third-order valence-corrected chi connectivity index (χ3v) is 2.86. The number of benzene rings is 1. The first-order valence-electron chi connectivity index (χ1n) is 5.52. The van der Waals surface area contributed by atoms with E-state index >= 15 is 0 Å². The van der Waals surface area contributed by atoms with Crippen LogP contribution in [-0.2, 0) is 6.54 Å². The molecule has 2 rings (SSSR count). The third-order valence-electron chi connectivity index (χ3n) is 2.86. The van der Waals surface area contributed by atoms with Crippen LogP contribution in [0.5, 0.6) is 0 Å². The Hall–Kier alpha value is -1.39. The zero-order valence-electron chi connectivity index (χ0n) is 9.07. The maximum Gasteiger partial charge on any atom is 0.335 e. The second kappa shape index (κ2) is 5.09. The Morgan fingerprint density at radius 1 is 1.44 bits per heavy atom. The number of rotatable bonds is 4. The molecule has 0 aliphatic carbocycles. The van der Waals surface area contributed by atoms with Crippen molar-refractivity contribution in [2.45, 2.75) is 19.0 Å². The topological polar surface area (TPSA) is 61.4 Å². The van der Waals surface area contributed by atoms with E-state index in [0.717, 1.165) is 31.6 Å². The molecule has 1 aromatic rings. The Kier molecular flexibility index (Phi) is 3.54. The van der Waals surface area contributed by atoms with Crippen molar-refractivity contribution >= 4 is 5.97 Å². The van der Waals surface area contributed by atoms with E-state index in [1.807, 2.05) is 12.1 Å². The van der Waals surface area contributed by atoms with Gasteiger partial charge in [0, 0.05) is 19.1 Å². The van der Waals surface area contributed by atoms with Gasteiger partial charge in [0.05, 0.1) is 5.56 Å². The van der Waals surface area contributed by atoms with Crippen molar-refractivity contribution in [1.82, 2.24) is 10.6 Å².